The van der Waals surface area contributed by atoms with Crippen LogP contribution in [0.25, 0.3) is 22.9 Å². The van der Waals surface area contributed by atoms with Crippen LogP contribution >= 0.6 is 0 Å². The van der Waals surface area contributed by atoms with Crippen LogP contribution in [-0.2, 0) is 6.54 Å². The van der Waals surface area contributed by atoms with E-state index in [2.05, 4.69) is 44.5 Å². The molecule has 10 nitrogen and oxygen atoms in total. The van der Waals surface area contributed by atoms with Gasteiger partial charge in [-0.1, -0.05) is 29.4 Å². The maximum absolute atomic E-state index is 12.4. The summed E-state index contributed by atoms with van der Waals surface area (Å²) in [5.74, 6) is 0.123. The van der Waals surface area contributed by atoms with Gasteiger partial charge in [-0.25, -0.2) is 9.97 Å². The minimum Gasteiger partial charge on any atom is -0.382 e. The first-order chi connectivity index (χ1) is 16.6. The molecule has 0 saturated heterocycles. The van der Waals surface area contributed by atoms with Crippen LogP contribution in [-0.4, -0.2) is 35.8 Å². The number of aromatic nitrogens is 6. The van der Waals surface area contributed by atoms with Crippen molar-refractivity contribution in [2.24, 2.45) is 0 Å². The van der Waals surface area contributed by atoms with E-state index < -0.39 is 0 Å². The van der Waals surface area contributed by atoms with E-state index in [9.17, 15) is 4.79 Å². The van der Waals surface area contributed by atoms with Crippen molar-refractivity contribution in [3.05, 3.63) is 90.1 Å². The molecule has 5 aromatic rings. The maximum Gasteiger partial charge on any atom is 0.255 e. The van der Waals surface area contributed by atoms with Gasteiger partial charge < -0.3 is 15.6 Å². The Kier molecular flexibility index (Phi) is 5.53. The van der Waals surface area contributed by atoms with Gasteiger partial charge in [-0.3, -0.25) is 14.5 Å². The number of pyridine rings is 1. The van der Waals surface area contributed by atoms with E-state index in [-0.39, 0.29) is 11.7 Å². The molecule has 4 aromatic heterocycles. The summed E-state index contributed by atoms with van der Waals surface area (Å²) in [5, 5.41) is 11.5. The number of carbonyl (C=O) groups is 1. The number of benzene rings is 1. The molecular weight excluding hydrogens is 432 g/mol. The van der Waals surface area contributed by atoms with E-state index >= 15 is 0 Å². The SMILES string of the molecule is Cc1ccccc1Cn1nc(-c2ncc(NC(=O)c3ccncc3)c(N)n2)cc1-c1ccon1. The second-order valence-electron chi connectivity index (χ2n) is 7.57. The summed E-state index contributed by atoms with van der Waals surface area (Å²) in [7, 11) is 0. The molecule has 3 N–H and O–H groups in total. The van der Waals surface area contributed by atoms with Crippen LogP contribution < -0.4 is 11.1 Å². The molecule has 0 unspecified atom stereocenters. The smallest absolute Gasteiger partial charge is 0.255 e. The van der Waals surface area contributed by atoms with Gasteiger partial charge in [0.05, 0.1) is 18.4 Å². The van der Waals surface area contributed by atoms with Crippen LogP contribution in [0.3, 0.4) is 0 Å². The summed E-state index contributed by atoms with van der Waals surface area (Å²) in [6, 6.07) is 14.9. The Hall–Kier alpha value is -4.86. The van der Waals surface area contributed by atoms with Crippen molar-refractivity contribution in [3.8, 4) is 22.9 Å². The van der Waals surface area contributed by atoms with Crippen LogP contribution in [0.2, 0.25) is 0 Å². The lowest BCUT2D eigenvalue weighted by Crippen LogP contribution is -2.14. The monoisotopic (exact) mass is 452 g/mol. The average molecular weight is 452 g/mol. The summed E-state index contributed by atoms with van der Waals surface area (Å²) in [6.07, 6.45) is 6.05. The molecule has 5 rings (SSSR count). The zero-order valence-electron chi connectivity index (χ0n) is 18.2. The van der Waals surface area contributed by atoms with Crippen molar-refractivity contribution >= 4 is 17.4 Å². The van der Waals surface area contributed by atoms with Gasteiger partial charge in [-0.05, 0) is 36.2 Å². The molecule has 168 valence electrons. The third-order valence-corrected chi connectivity index (χ3v) is 5.30. The fraction of sp³-hybridized carbons (Fsp3) is 0.0833. The Balaban J connectivity index is 1.46. The number of hydrogen-bond acceptors (Lipinski definition) is 8. The quantitative estimate of drug-likeness (QED) is 0.399. The standard InChI is InChI=1S/C24H20N8O2/c1-15-4-2-3-5-17(15)14-32-21(18-8-11-34-31-18)12-19(30-32)23-27-13-20(22(25)29-23)28-24(33)16-6-9-26-10-7-16/h2-13H,14H2,1H3,(H,28,33)(H2,25,27,29). The molecule has 1 aromatic carbocycles. The van der Waals surface area contributed by atoms with Crippen LogP contribution in [0, 0.1) is 6.92 Å². The summed E-state index contributed by atoms with van der Waals surface area (Å²) >= 11 is 0. The lowest BCUT2D eigenvalue weighted by atomic mass is 10.1. The van der Waals surface area contributed by atoms with E-state index in [1.165, 1.54) is 24.9 Å². The molecule has 0 atom stereocenters. The number of aryl methyl sites for hydroxylation is 1. The highest BCUT2D eigenvalue weighted by atomic mass is 16.5. The fourth-order valence-electron chi connectivity index (χ4n) is 3.46. The fourth-order valence-corrected chi connectivity index (χ4v) is 3.46. The summed E-state index contributed by atoms with van der Waals surface area (Å²) in [5.41, 5.74) is 11.1. The van der Waals surface area contributed by atoms with Gasteiger partial charge in [-0.2, -0.15) is 5.10 Å². The first-order valence-electron chi connectivity index (χ1n) is 10.5. The molecule has 0 radical (unpaired) electrons. The van der Waals surface area contributed by atoms with E-state index in [1.807, 2.05) is 22.9 Å². The van der Waals surface area contributed by atoms with Gasteiger partial charge in [-0.15, -0.1) is 0 Å². The summed E-state index contributed by atoms with van der Waals surface area (Å²) in [4.78, 5) is 25.1. The molecule has 0 aliphatic heterocycles. The molecule has 0 fully saturated rings. The third-order valence-electron chi connectivity index (χ3n) is 5.30. The zero-order chi connectivity index (χ0) is 23.5. The topological polar surface area (TPSA) is 138 Å². The average Bonchev–Trinajstić information content (AvgIpc) is 3.52. The predicted octanol–water partition coefficient (Wildman–Crippen LogP) is 3.58. The van der Waals surface area contributed by atoms with Gasteiger partial charge in [0.15, 0.2) is 11.6 Å². The van der Waals surface area contributed by atoms with Gasteiger partial charge in [0.2, 0.25) is 0 Å². The first kappa shape index (κ1) is 21.0. The normalized spacial score (nSPS) is 10.9. The maximum atomic E-state index is 12.4. The van der Waals surface area contributed by atoms with Crippen LogP contribution in [0.5, 0.6) is 0 Å². The summed E-state index contributed by atoms with van der Waals surface area (Å²) in [6.45, 7) is 2.59. The number of nitrogen functional groups attached to an aromatic ring is 1. The largest absolute Gasteiger partial charge is 0.382 e. The summed E-state index contributed by atoms with van der Waals surface area (Å²) < 4.78 is 6.86. The van der Waals surface area contributed by atoms with Crippen LogP contribution in [0.15, 0.2) is 77.9 Å². The molecule has 34 heavy (non-hydrogen) atoms. The number of rotatable bonds is 6. The van der Waals surface area contributed by atoms with E-state index in [0.717, 1.165) is 16.8 Å². The molecule has 10 heteroatoms. The minimum absolute atomic E-state index is 0.129. The Labute approximate surface area is 194 Å². The van der Waals surface area contributed by atoms with Gasteiger partial charge >= 0.3 is 0 Å². The molecule has 0 saturated carbocycles. The lowest BCUT2D eigenvalue weighted by Gasteiger charge is -2.08. The van der Waals surface area contributed by atoms with Crippen molar-refractivity contribution in [2.45, 2.75) is 13.5 Å². The Morgan fingerprint density at radius 2 is 1.94 bits per heavy atom. The van der Waals surface area contributed by atoms with E-state index in [1.54, 1.807) is 18.2 Å². The Morgan fingerprint density at radius 3 is 2.68 bits per heavy atom. The molecule has 0 spiro atoms. The van der Waals surface area contributed by atoms with Crippen molar-refractivity contribution in [2.75, 3.05) is 11.1 Å². The minimum atomic E-state index is -0.332. The first-order valence-corrected chi connectivity index (χ1v) is 10.5. The molecule has 4 heterocycles. The number of anilines is 2. The highest BCUT2D eigenvalue weighted by molar-refractivity contribution is 6.05. The molecule has 1 amide bonds. The highest BCUT2D eigenvalue weighted by Gasteiger charge is 2.18. The second kappa shape index (κ2) is 8.94. The predicted molar refractivity (Wildman–Crippen MR) is 126 cm³/mol. The van der Waals surface area contributed by atoms with Crippen molar-refractivity contribution < 1.29 is 9.32 Å². The van der Waals surface area contributed by atoms with Crippen molar-refractivity contribution in [3.63, 3.8) is 0 Å². The molecular formula is C24H20N8O2. The zero-order valence-corrected chi connectivity index (χ0v) is 18.2. The van der Waals surface area contributed by atoms with Crippen LogP contribution in [0.1, 0.15) is 21.5 Å². The second-order valence-corrected chi connectivity index (χ2v) is 7.57. The number of nitrogens with one attached hydrogen (secondary N) is 1. The number of nitrogens with zero attached hydrogens (tertiary/aromatic N) is 6. The van der Waals surface area contributed by atoms with Gasteiger partial charge in [0.25, 0.3) is 5.91 Å². The molecule has 0 bridgehead atoms. The van der Waals surface area contributed by atoms with Crippen molar-refractivity contribution in [1.29, 1.82) is 0 Å². The van der Waals surface area contributed by atoms with E-state index in [0.29, 0.717) is 35.0 Å². The number of hydrogen-bond donors (Lipinski definition) is 2. The number of nitrogens with two attached hydrogens (primary N) is 1. The Morgan fingerprint density at radius 1 is 1.12 bits per heavy atom. The molecule has 0 aliphatic rings. The Bertz CT molecular complexity index is 1450. The third kappa shape index (κ3) is 4.24. The van der Waals surface area contributed by atoms with Gasteiger partial charge in [0, 0.05) is 24.0 Å². The highest BCUT2D eigenvalue weighted by Crippen LogP contribution is 2.26. The van der Waals surface area contributed by atoms with E-state index in [4.69, 9.17) is 15.4 Å². The van der Waals surface area contributed by atoms with Crippen molar-refractivity contribution in [1.82, 2.24) is 29.9 Å². The lowest BCUT2D eigenvalue weighted by molar-refractivity contribution is 0.102. The number of amides is 1. The molecule has 0 aliphatic carbocycles. The van der Waals surface area contributed by atoms with Crippen LogP contribution in [0.4, 0.5) is 11.5 Å². The van der Waals surface area contributed by atoms with Gasteiger partial charge in [0.1, 0.15) is 23.3 Å². The number of carbonyl (C=O) groups excluding carboxylic acids is 1.